The lowest BCUT2D eigenvalue weighted by Gasteiger charge is -2.30. The zero-order valence-electron chi connectivity index (χ0n) is 9.42. The molecule has 1 aliphatic rings. The number of hydrogen-bond acceptors (Lipinski definition) is 1. The summed E-state index contributed by atoms with van der Waals surface area (Å²) in [5.41, 5.74) is 0.404. The van der Waals surface area contributed by atoms with Crippen molar-refractivity contribution in [3.8, 4) is 0 Å². The molecule has 2 heteroatoms. The first-order valence-electron chi connectivity index (χ1n) is 5.16. The third-order valence-electron chi connectivity index (χ3n) is 3.42. The van der Waals surface area contributed by atoms with Gasteiger partial charge in [-0.15, -0.1) is 0 Å². The Bertz CT molecular complexity index is 210. The Morgan fingerprint density at radius 3 is 2.08 bits per heavy atom. The lowest BCUT2D eigenvalue weighted by Crippen LogP contribution is -2.34. The fourth-order valence-electron chi connectivity index (χ4n) is 1.84. The van der Waals surface area contributed by atoms with Crippen LogP contribution in [-0.4, -0.2) is 22.5 Å². The number of nitrogens with zero attached hydrogens (tertiary/aromatic N) is 1. The molecule has 1 rings (SSSR count). The Labute approximate surface area is 87.5 Å². The Morgan fingerprint density at radius 2 is 1.85 bits per heavy atom. The second-order valence-electron chi connectivity index (χ2n) is 5.10. The van der Waals surface area contributed by atoms with Crippen molar-refractivity contribution in [2.24, 2.45) is 11.3 Å². The average Bonchev–Trinajstić information content (AvgIpc) is 2.28. The van der Waals surface area contributed by atoms with Gasteiger partial charge in [0.1, 0.15) is 0 Å². The molecule has 0 amide bonds. The summed E-state index contributed by atoms with van der Waals surface area (Å²) in [4.78, 5) is 3.53. The minimum Gasteiger partial charge on any atom is -0.363 e. The Kier molecular flexibility index (Phi) is 3.01. The first-order valence-corrected chi connectivity index (χ1v) is 5.57. The van der Waals surface area contributed by atoms with Gasteiger partial charge in [0.2, 0.25) is 0 Å². The van der Waals surface area contributed by atoms with Gasteiger partial charge in [-0.05, 0) is 25.2 Å². The van der Waals surface area contributed by atoms with E-state index in [0.29, 0.717) is 17.4 Å². The predicted octanol–water partition coefficient (Wildman–Crippen LogP) is 3.09. The molecule has 0 bridgehead atoms. The highest BCUT2D eigenvalue weighted by Gasteiger charge is 2.39. The van der Waals surface area contributed by atoms with Crippen LogP contribution in [0.25, 0.3) is 0 Å². The van der Waals surface area contributed by atoms with Gasteiger partial charge in [0, 0.05) is 19.0 Å². The Morgan fingerprint density at radius 1 is 1.31 bits per heavy atom. The maximum atomic E-state index is 5.41. The second kappa shape index (κ2) is 3.56. The van der Waals surface area contributed by atoms with Crippen molar-refractivity contribution in [1.29, 1.82) is 0 Å². The first kappa shape index (κ1) is 11.0. The SMILES string of the molecule is CC(C)N1CC(C)(C(C)C)CC1=S. The van der Waals surface area contributed by atoms with Gasteiger partial charge in [0.25, 0.3) is 0 Å². The smallest absolute Gasteiger partial charge is 0.0788 e. The lowest BCUT2D eigenvalue weighted by atomic mass is 9.78. The van der Waals surface area contributed by atoms with Crippen molar-refractivity contribution in [1.82, 2.24) is 4.90 Å². The van der Waals surface area contributed by atoms with Crippen LogP contribution in [0.5, 0.6) is 0 Å². The number of hydrogen-bond donors (Lipinski definition) is 0. The van der Waals surface area contributed by atoms with E-state index in [4.69, 9.17) is 12.2 Å². The molecule has 13 heavy (non-hydrogen) atoms. The largest absolute Gasteiger partial charge is 0.363 e. The summed E-state index contributed by atoms with van der Waals surface area (Å²) in [5, 5.41) is 0. The van der Waals surface area contributed by atoms with E-state index in [9.17, 15) is 0 Å². The summed E-state index contributed by atoms with van der Waals surface area (Å²) in [6.07, 6.45) is 1.10. The molecule has 1 saturated heterocycles. The minimum absolute atomic E-state index is 0.404. The van der Waals surface area contributed by atoms with Crippen LogP contribution in [0.3, 0.4) is 0 Å². The fourth-order valence-corrected chi connectivity index (χ4v) is 2.44. The van der Waals surface area contributed by atoms with Gasteiger partial charge < -0.3 is 4.90 Å². The zero-order valence-corrected chi connectivity index (χ0v) is 10.2. The molecule has 0 aromatic carbocycles. The van der Waals surface area contributed by atoms with Crippen LogP contribution in [-0.2, 0) is 0 Å². The molecular weight excluding hydrogens is 178 g/mol. The van der Waals surface area contributed by atoms with Gasteiger partial charge in [0.15, 0.2) is 0 Å². The summed E-state index contributed by atoms with van der Waals surface area (Å²) in [5.74, 6) is 0.717. The van der Waals surface area contributed by atoms with Crippen molar-refractivity contribution in [3.63, 3.8) is 0 Å². The van der Waals surface area contributed by atoms with Crippen LogP contribution in [0.4, 0.5) is 0 Å². The van der Waals surface area contributed by atoms with E-state index >= 15 is 0 Å². The summed E-state index contributed by atoms with van der Waals surface area (Å²) < 4.78 is 0. The van der Waals surface area contributed by atoms with E-state index in [-0.39, 0.29) is 0 Å². The first-order chi connectivity index (χ1) is 5.87. The van der Waals surface area contributed by atoms with Gasteiger partial charge >= 0.3 is 0 Å². The molecule has 0 spiro atoms. The maximum absolute atomic E-state index is 5.41. The Hall–Kier alpha value is -0.110. The van der Waals surface area contributed by atoms with Crippen molar-refractivity contribution < 1.29 is 0 Å². The zero-order chi connectivity index (χ0) is 10.2. The molecule has 0 N–H and O–H groups in total. The summed E-state index contributed by atoms with van der Waals surface area (Å²) in [6.45, 7) is 12.5. The normalized spacial score (nSPS) is 29.5. The molecule has 0 aromatic rings. The van der Waals surface area contributed by atoms with Crippen LogP contribution in [0, 0.1) is 11.3 Å². The molecule has 0 aromatic heterocycles. The monoisotopic (exact) mass is 199 g/mol. The molecule has 0 saturated carbocycles. The second-order valence-corrected chi connectivity index (χ2v) is 5.57. The van der Waals surface area contributed by atoms with Gasteiger partial charge in [-0.25, -0.2) is 0 Å². The molecule has 1 nitrogen and oxygen atoms in total. The molecule has 0 radical (unpaired) electrons. The van der Waals surface area contributed by atoms with Crippen molar-refractivity contribution in [2.45, 2.75) is 47.1 Å². The molecule has 1 fully saturated rings. The van der Waals surface area contributed by atoms with Crippen molar-refractivity contribution in [2.75, 3.05) is 6.54 Å². The van der Waals surface area contributed by atoms with E-state index in [1.165, 1.54) is 0 Å². The molecule has 0 aliphatic carbocycles. The van der Waals surface area contributed by atoms with E-state index in [2.05, 4.69) is 39.5 Å². The highest BCUT2D eigenvalue weighted by atomic mass is 32.1. The fraction of sp³-hybridized carbons (Fsp3) is 0.909. The maximum Gasteiger partial charge on any atom is 0.0788 e. The van der Waals surface area contributed by atoms with Crippen LogP contribution >= 0.6 is 12.2 Å². The molecule has 1 unspecified atom stereocenters. The summed E-state index contributed by atoms with van der Waals surface area (Å²) in [6, 6.07) is 0.563. The lowest BCUT2D eigenvalue weighted by molar-refractivity contribution is 0.199. The van der Waals surface area contributed by atoms with Crippen molar-refractivity contribution >= 4 is 17.2 Å². The predicted molar refractivity (Wildman–Crippen MR) is 62.0 cm³/mol. The number of likely N-dealkylation sites (tertiary alicyclic amines) is 1. The summed E-state index contributed by atoms with van der Waals surface area (Å²) >= 11 is 5.41. The van der Waals surface area contributed by atoms with Crippen LogP contribution < -0.4 is 0 Å². The van der Waals surface area contributed by atoms with Crippen molar-refractivity contribution in [3.05, 3.63) is 0 Å². The number of rotatable bonds is 2. The molecule has 1 aliphatic heterocycles. The third-order valence-corrected chi connectivity index (χ3v) is 3.80. The molecule has 1 heterocycles. The Balaban J connectivity index is 2.75. The topological polar surface area (TPSA) is 3.24 Å². The van der Waals surface area contributed by atoms with Gasteiger partial charge in [0.05, 0.1) is 4.99 Å². The highest BCUT2D eigenvalue weighted by molar-refractivity contribution is 7.80. The summed E-state index contributed by atoms with van der Waals surface area (Å²) in [7, 11) is 0. The van der Waals surface area contributed by atoms with E-state index in [1.54, 1.807) is 0 Å². The quantitative estimate of drug-likeness (QED) is 0.629. The minimum atomic E-state index is 0.404. The molecule has 76 valence electrons. The van der Waals surface area contributed by atoms with E-state index in [0.717, 1.165) is 18.0 Å². The number of thiocarbonyl (C=S) groups is 1. The molecular formula is C11H21NS. The van der Waals surface area contributed by atoms with Gasteiger partial charge in [-0.2, -0.15) is 0 Å². The highest BCUT2D eigenvalue weighted by Crippen LogP contribution is 2.39. The third kappa shape index (κ3) is 2.04. The standard InChI is InChI=1S/C11H21NS/c1-8(2)11(5)6-10(13)12(7-11)9(3)4/h8-9H,6-7H2,1-5H3. The molecule has 1 atom stereocenters. The average molecular weight is 199 g/mol. The van der Waals surface area contributed by atoms with Crippen LogP contribution in [0.15, 0.2) is 0 Å². The van der Waals surface area contributed by atoms with Crippen LogP contribution in [0.2, 0.25) is 0 Å². The van der Waals surface area contributed by atoms with Crippen LogP contribution in [0.1, 0.15) is 41.0 Å². The van der Waals surface area contributed by atoms with E-state index < -0.39 is 0 Å². The van der Waals surface area contributed by atoms with E-state index in [1.807, 2.05) is 0 Å². The van der Waals surface area contributed by atoms with Gasteiger partial charge in [-0.3, -0.25) is 0 Å². The van der Waals surface area contributed by atoms with Gasteiger partial charge in [-0.1, -0.05) is 33.0 Å².